The van der Waals surface area contributed by atoms with E-state index in [1.165, 1.54) is 5.56 Å². The first-order valence-corrected chi connectivity index (χ1v) is 7.96. The van der Waals surface area contributed by atoms with Crippen LogP contribution in [-0.4, -0.2) is 43.7 Å². The van der Waals surface area contributed by atoms with E-state index in [2.05, 4.69) is 32.7 Å². The van der Waals surface area contributed by atoms with Crippen molar-refractivity contribution in [2.24, 2.45) is 0 Å². The molecule has 23 heavy (non-hydrogen) atoms. The van der Waals surface area contributed by atoms with Crippen LogP contribution in [0.15, 0.2) is 24.3 Å². The van der Waals surface area contributed by atoms with Gasteiger partial charge in [-0.25, -0.2) is 4.79 Å². The molecule has 130 valence electrons. The highest BCUT2D eigenvalue weighted by molar-refractivity contribution is 5.71. The molecule has 1 aliphatic rings. The number of piperidine rings is 1. The number of benzene rings is 1. The molecule has 1 aromatic carbocycles. The van der Waals surface area contributed by atoms with Gasteiger partial charge in [-0.1, -0.05) is 32.9 Å². The summed E-state index contributed by atoms with van der Waals surface area (Å²) < 4.78 is 11.0. The molecule has 0 unspecified atom stereocenters. The molecule has 1 aromatic rings. The highest BCUT2D eigenvalue weighted by Crippen LogP contribution is 2.24. The molecule has 0 saturated carbocycles. The van der Waals surface area contributed by atoms with Crippen LogP contribution in [0.4, 0.5) is 0 Å². The van der Waals surface area contributed by atoms with Crippen LogP contribution in [-0.2, 0) is 14.9 Å². The second-order valence-electron chi connectivity index (χ2n) is 7.06. The predicted molar refractivity (Wildman–Crippen MR) is 88.4 cm³/mol. The number of likely N-dealkylation sites (tertiary alicyclic amines) is 1. The van der Waals surface area contributed by atoms with E-state index in [-0.39, 0.29) is 37.9 Å². The van der Waals surface area contributed by atoms with Crippen LogP contribution in [0.3, 0.4) is 0 Å². The zero-order chi connectivity index (χ0) is 16.2. The molecule has 1 fully saturated rings. The van der Waals surface area contributed by atoms with Crippen molar-refractivity contribution in [1.82, 2.24) is 4.90 Å². The van der Waals surface area contributed by atoms with Gasteiger partial charge in [-0.15, -0.1) is 0 Å². The first-order valence-electron chi connectivity index (χ1n) is 7.96. The molecule has 0 N–H and O–H groups in total. The maximum absolute atomic E-state index is 11.8. The van der Waals surface area contributed by atoms with Crippen molar-refractivity contribution < 1.29 is 28.1 Å². The standard InChI is InChI=1S/C18H27NO3.ClH/c1-18(2,3)14-5-7-15(8-6-14)21-13-17(20)22-16-9-11-19(4)12-10-16;/h5-8,16H,9-13H2,1-4H3;1H. The van der Waals surface area contributed by atoms with Crippen LogP contribution in [0.25, 0.3) is 0 Å². The molecule has 0 aromatic heterocycles. The van der Waals surface area contributed by atoms with Gasteiger partial charge >= 0.3 is 7.40 Å². The number of hydrogen-bond acceptors (Lipinski definition) is 4. The Balaban J connectivity index is 0.00000264. The van der Waals surface area contributed by atoms with Gasteiger partial charge in [-0.05, 0) is 43.0 Å². The van der Waals surface area contributed by atoms with E-state index >= 15 is 0 Å². The number of ether oxygens (including phenoxy) is 2. The van der Waals surface area contributed by atoms with Gasteiger partial charge in [0.15, 0.2) is 6.61 Å². The third-order valence-electron chi connectivity index (χ3n) is 4.04. The fourth-order valence-electron chi connectivity index (χ4n) is 2.52. The Kier molecular flexibility index (Phi) is 7.36. The lowest BCUT2D eigenvalue weighted by molar-refractivity contribution is -0.153. The Morgan fingerprint density at radius 1 is 1.22 bits per heavy atom. The minimum absolute atomic E-state index is 0. The fraction of sp³-hybridized carbons (Fsp3) is 0.611. The second kappa shape index (κ2) is 8.55. The minimum atomic E-state index is -0.283. The van der Waals surface area contributed by atoms with Gasteiger partial charge in [0.25, 0.3) is 0 Å². The Hall–Kier alpha value is -1.26. The Morgan fingerprint density at radius 2 is 1.78 bits per heavy atom. The van der Waals surface area contributed by atoms with Gasteiger partial charge in [0.1, 0.15) is 11.9 Å². The first kappa shape index (κ1) is 19.8. The zero-order valence-corrected chi connectivity index (χ0v) is 15.2. The van der Waals surface area contributed by atoms with Gasteiger partial charge < -0.3 is 26.8 Å². The summed E-state index contributed by atoms with van der Waals surface area (Å²) in [7, 11) is 2.09. The van der Waals surface area contributed by atoms with Gasteiger partial charge in [-0.3, -0.25) is 0 Å². The molecular formula is C18H28ClNO3. The number of nitrogens with zero attached hydrogens (tertiary/aromatic N) is 1. The van der Waals surface area contributed by atoms with Crippen molar-refractivity contribution in [3.63, 3.8) is 0 Å². The topological polar surface area (TPSA) is 38.8 Å². The molecule has 1 aliphatic heterocycles. The number of hydrogen-bond donors (Lipinski definition) is 0. The summed E-state index contributed by atoms with van der Waals surface area (Å²) >= 11 is 0. The predicted octanol–water partition coefficient (Wildman–Crippen LogP) is 0.117. The number of halogens is 1. The van der Waals surface area contributed by atoms with E-state index in [0.717, 1.165) is 25.9 Å². The number of carbonyl (C=O) groups excluding carboxylic acids is 1. The molecule has 0 atom stereocenters. The molecule has 0 amide bonds. The Bertz CT molecular complexity index is 494. The molecule has 0 radical (unpaired) electrons. The van der Waals surface area contributed by atoms with E-state index in [1.807, 2.05) is 24.3 Å². The number of carbonyl (C=O) groups is 1. The average Bonchev–Trinajstić information content (AvgIpc) is 2.47. The lowest BCUT2D eigenvalue weighted by Gasteiger charge is -2.28. The van der Waals surface area contributed by atoms with Gasteiger partial charge in [-0.2, -0.15) is 0 Å². The molecule has 1 saturated heterocycles. The van der Waals surface area contributed by atoms with E-state index < -0.39 is 0 Å². The van der Waals surface area contributed by atoms with Gasteiger partial charge in [0, 0.05) is 13.1 Å². The second-order valence-corrected chi connectivity index (χ2v) is 7.06. The third-order valence-corrected chi connectivity index (χ3v) is 4.04. The van der Waals surface area contributed by atoms with Gasteiger partial charge in [0.05, 0.1) is 0 Å². The molecular weight excluding hydrogens is 314 g/mol. The zero-order valence-electron chi connectivity index (χ0n) is 15.5. The quantitative estimate of drug-likeness (QED) is 0.729. The maximum Gasteiger partial charge on any atom is 1.00 e. The molecule has 0 spiro atoms. The highest BCUT2D eigenvalue weighted by Gasteiger charge is 2.20. The molecule has 4 nitrogen and oxygen atoms in total. The van der Waals surface area contributed by atoms with Crippen molar-refractivity contribution >= 4 is 5.97 Å². The molecule has 5 heteroatoms. The summed E-state index contributed by atoms with van der Waals surface area (Å²) in [6.45, 7) is 8.44. The average molecular weight is 342 g/mol. The first-order chi connectivity index (χ1) is 10.3. The summed E-state index contributed by atoms with van der Waals surface area (Å²) in [4.78, 5) is 14.1. The van der Waals surface area contributed by atoms with E-state index in [0.29, 0.717) is 5.75 Å². The summed E-state index contributed by atoms with van der Waals surface area (Å²) in [5.74, 6) is 0.419. The number of esters is 1. The van der Waals surface area contributed by atoms with Crippen LogP contribution >= 0.6 is 0 Å². The Morgan fingerprint density at radius 3 is 2.30 bits per heavy atom. The van der Waals surface area contributed by atoms with Crippen LogP contribution < -0.4 is 17.1 Å². The van der Waals surface area contributed by atoms with Gasteiger partial charge in [0.2, 0.25) is 0 Å². The SMILES string of the molecule is CN1CCC(OC(=O)COc2ccc(C(C)(C)C)cc2)CC1.[Cl-].[H+]. The maximum atomic E-state index is 11.8. The van der Waals surface area contributed by atoms with Crippen molar-refractivity contribution in [1.29, 1.82) is 0 Å². The molecule has 2 rings (SSSR count). The Labute approximate surface area is 147 Å². The monoisotopic (exact) mass is 341 g/mol. The van der Waals surface area contributed by atoms with Crippen LogP contribution in [0.1, 0.15) is 40.6 Å². The van der Waals surface area contributed by atoms with Crippen molar-refractivity contribution in [3.8, 4) is 5.75 Å². The van der Waals surface area contributed by atoms with Crippen molar-refractivity contribution in [3.05, 3.63) is 29.8 Å². The van der Waals surface area contributed by atoms with E-state index in [4.69, 9.17) is 9.47 Å². The van der Waals surface area contributed by atoms with Crippen molar-refractivity contribution in [2.75, 3.05) is 26.7 Å². The largest absolute Gasteiger partial charge is 1.00 e. The lowest BCUT2D eigenvalue weighted by Crippen LogP contribution is -3.00. The minimum Gasteiger partial charge on any atom is -1.00 e. The normalized spacial score (nSPS) is 16.5. The molecule has 1 heterocycles. The molecule has 0 bridgehead atoms. The van der Waals surface area contributed by atoms with Crippen LogP contribution in [0, 0.1) is 0 Å². The summed E-state index contributed by atoms with van der Waals surface area (Å²) in [6.07, 6.45) is 1.85. The van der Waals surface area contributed by atoms with Crippen molar-refractivity contribution in [2.45, 2.75) is 45.1 Å². The number of rotatable bonds is 4. The lowest BCUT2D eigenvalue weighted by atomic mass is 9.87. The smallest absolute Gasteiger partial charge is 1.00 e. The summed E-state index contributed by atoms with van der Waals surface area (Å²) in [5, 5.41) is 0. The summed E-state index contributed by atoms with van der Waals surface area (Å²) in [5.41, 5.74) is 1.36. The highest BCUT2D eigenvalue weighted by atomic mass is 35.5. The van der Waals surface area contributed by atoms with E-state index in [9.17, 15) is 4.79 Å². The van der Waals surface area contributed by atoms with Crippen LogP contribution in [0.2, 0.25) is 0 Å². The summed E-state index contributed by atoms with van der Waals surface area (Å²) in [6, 6.07) is 7.89. The van der Waals surface area contributed by atoms with E-state index in [1.54, 1.807) is 0 Å². The fourth-order valence-corrected chi connectivity index (χ4v) is 2.52. The van der Waals surface area contributed by atoms with Crippen LogP contribution in [0.5, 0.6) is 5.75 Å². The molecule has 0 aliphatic carbocycles. The third kappa shape index (κ3) is 6.40.